The van der Waals surface area contributed by atoms with Gasteiger partial charge in [-0.2, -0.15) is 0 Å². The Morgan fingerprint density at radius 2 is 0.923 bits per heavy atom. The van der Waals surface area contributed by atoms with E-state index in [1.165, 1.54) is 72.0 Å². The molecule has 0 saturated carbocycles. The smallest absolute Gasteiger partial charge is 0.0726 e. The highest BCUT2D eigenvalue weighted by molar-refractivity contribution is 6.30. The van der Waals surface area contributed by atoms with Crippen LogP contribution in [0.3, 0.4) is 0 Å². The van der Waals surface area contributed by atoms with Gasteiger partial charge in [0.05, 0.1) is 16.4 Å². The lowest BCUT2D eigenvalue weighted by Crippen LogP contribution is -2.26. The van der Waals surface area contributed by atoms with Crippen molar-refractivity contribution in [2.75, 3.05) is 0 Å². The number of rotatable bonds is 1. The lowest BCUT2D eigenvalue weighted by molar-refractivity contribution is 0.792. The molecule has 0 N–H and O–H groups in total. The third-order valence-corrected chi connectivity index (χ3v) is 9.11. The van der Waals surface area contributed by atoms with E-state index in [4.69, 9.17) is 11.6 Å². The molecule has 1 aromatic heterocycles. The van der Waals surface area contributed by atoms with Gasteiger partial charge in [0, 0.05) is 21.5 Å². The van der Waals surface area contributed by atoms with Crippen molar-refractivity contribution >= 4 is 33.4 Å². The molecule has 1 nitrogen and oxygen atoms in total. The van der Waals surface area contributed by atoms with E-state index in [1.807, 2.05) is 6.07 Å². The molecule has 0 unspecified atom stereocenters. The molecule has 1 heterocycles. The second-order valence-electron chi connectivity index (χ2n) is 10.6. The minimum Gasteiger partial charge on any atom is -0.309 e. The van der Waals surface area contributed by atoms with Crippen LogP contribution in [0, 0.1) is 0 Å². The molecular formula is C37H22ClN. The van der Waals surface area contributed by atoms with Crippen LogP contribution in [0.4, 0.5) is 0 Å². The zero-order valence-corrected chi connectivity index (χ0v) is 21.8. The largest absolute Gasteiger partial charge is 0.309 e. The van der Waals surface area contributed by atoms with Crippen molar-refractivity contribution in [3.63, 3.8) is 0 Å². The van der Waals surface area contributed by atoms with Gasteiger partial charge < -0.3 is 4.57 Å². The summed E-state index contributed by atoms with van der Waals surface area (Å²) < 4.78 is 2.42. The quantitative estimate of drug-likeness (QED) is 0.205. The molecule has 0 atom stereocenters. The predicted octanol–water partition coefficient (Wildman–Crippen LogP) is 9.78. The minimum absolute atomic E-state index is 0.419. The van der Waals surface area contributed by atoms with Crippen molar-refractivity contribution in [1.29, 1.82) is 0 Å². The SMILES string of the molecule is Clc1ccc2c(c1)C1(c3ccccc3-c3ccccc31)c1cc(-n3c4ccccc4c4ccccc43)ccc1-2. The summed E-state index contributed by atoms with van der Waals surface area (Å²) in [6.45, 7) is 0. The van der Waals surface area contributed by atoms with E-state index in [0.717, 1.165) is 5.02 Å². The van der Waals surface area contributed by atoms with Crippen LogP contribution in [-0.2, 0) is 5.41 Å². The summed E-state index contributed by atoms with van der Waals surface area (Å²) in [4.78, 5) is 0. The molecule has 6 aromatic carbocycles. The molecule has 182 valence electrons. The topological polar surface area (TPSA) is 4.93 Å². The predicted molar refractivity (Wildman–Crippen MR) is 162 cm³/mol. The normalized spacial score (nSPS) is 14.0. The van der Waals surface area contributed by atoms with Crippen molar-refractivity contribution in [2.45, 2.75) is 5.41 Å². The molecular weight excluding hydrogens is 494 g/mol. The fourth-order valence-electron chi connectivity index (χ4n) is 7.44. The Balaban J connectivity index is 1.44. The Morgan fingerprint density at radius 1 is 0.436 bits per heavy atom. The molecule has 0 radical (unpaired) electrons. The van der Waals surface area contributed by atoms with Crippen LogP contribution < -0.4 is 0 Å². The van der Waals surface area contributed by atoms with Gasteiger partial charge in [-0.25, -0.2) is 0 Å². The first-order valence-corrected chi connectivity index (χ1v) is 13.8. The molecule has 2 aliphatic carbocycles. The van der Waals surface area contributed by atoms with E-state index in [-0.39, 0.29) is 0 Å². The van der Waals surface area contributed by atoms with Crippen molar-refractivity contribution in [1.82, 2.24) is 4.57 Å². The second kappa shape index (κ2) is 7.50. The van der Waals surface area contributed by atoms with Gasteiger partial charge >= 0.3 is 0 Å². The second-order valence-corrected chi connectivity index (χ2v) is 11.1. The number of aromatic nitrogens is 1. The Bertz CT molecular complexity index is 2050. The lowest BCUT2D eigenvalue weighted by atomic mass is 9.70. The lowest BCUT2D eigenvalue weighted by Gasteiger charge is -2.31. The van der Waals surface area contributed by atoms with Crippen molar-refractivity contribution < 1.29 is 0 Å². The zero-order chi connectivity index (χ0) is 25.7. The molecule has 2 aliphatic rings. The molecule has 0 saturated heterocycles. The number of nitrogens with zero attached hydrogens (tertiary/aromatic N) is 1. The van der Waals surface area contributed by atoms with Crippen LogP contribution in [-0.4, -0.2) is 4.57 Å². The van der Waals surface area contributed by atoms with E-state index in [2.05, 4.69) is 132 Å². The molecule has 1 spiro atoms. The third-order valence-electron chi connectivity index (χ3n) is 8.87. The van der Waals surface area contributed by atoms with Crippen LogP contribution >= 0.6 is 11.6 Å². The minimum atomic E-state index is -0.419. The summed E-state index contributed by atoms with van der Waals surface area (Å²) in [6.07, 6.45) is 0. The van der Waals surface area contributed by atoms with Gasteiger partial charge in [0.1, 0.15) is 0 Å². The maximum atomic E-state index is 6.72. The van der Waals surface area contributed by atoms with Gasteiger partial charge in [0.25, 0.3) is 0 Å². The van der Waals surface area contributed by atoms with Crippen LogP contribution in [0.1, 0.15) is 22.3 Å². The van der Waals surface area contributed by atoms with Gasteiger partial charge in [-0.05, 0) is 80.9 Å². The Hall–Kier alpha value is -4.59. The molecule has 0 amide bonds. The molecule has 0 aliphatic heterocycles. The summed E-state index contributed by atoms with van der Waals surface area (Å²) in [5.41, 5.74) is 13.6. The molecule has 0 bridgehead atoms. The van der Waals surface area contributed by atoms with Crippen LogP contribution in [0.15, 0.2) is 133 Å². The van der Waals surface area contributed by atoms with Gasteiger partial charge in [0.15, 0.2) is 0 Å². The van der Waals surface area contributed by atoms with E-state index < -0.39 is 5.41 Å². The number of hydrogen-bond acceptors (Lipinski definition) is 0. The number of halogens is 1. The van der Waals surface area contributed by atoms with Gasteiger partial charge in [-0.15, -0.1) is 0 Å². The van der Waals surface area contributed by atoms with Crippen molar-refractivity contribution in [3.8, 4) is 27.9 Å². The van der Waals surface area contributed by atoms with E-state index in [1.54, 1.807) is 0 Å². The highest BCUT2D eigenvalue weighted by atomic mass is 35.5. The van der Waals surface area contributed by atoms with Crippen molar-refractivity contribution in [2.24, 2.45) is 0 Å². The number of para-hydroxylation sites is 2. The number of benzene rings is 6. The highest BCUT2D eigenvalue weighted by Crippen LogP contribution is 2.63. The molecule has 39 heavy (non-hydrogen) atoms. The standard InChI is InChI=1S/C37H22ClN/c38-23-17-19-27-28-20-18-24(39-35-15-7-3-11-29(35)30-12-4-8-16-36(30)39)22-34(28)37(33(27)21-23)31-13-5-1-9-25(31)26-10-2-6-14-32(26)37/h1-22H. The van der Waals surface area contributed by atoms with Crippen molar-refractivity contribution in [3.05, 3.63) is 161 Å². The fourth-order valence-corrected chi connectivity index (χ4v) is 7.61. The first-order chi connectivity index (χ1) is 19.3. The number of fused-ring (bicyclic) bond motifs is 13. The first kappa shape index (κ1) is 21.4. The summed E-state index contributed by atoms with van der Waals surface area (Å²) in [6, 6.07) is 48.7. The summed E-state index contributed by atoms with van der Waals surface area (Å²) in [7, 11) is 0. The fraction of sp³-hybridized carbons (Fsp3) is 0.0270. The Morgan fingerprint density at radius 3 is 1.56 bits per heavy atom. The summed E-state index contributed by atoms with van der Waals surface area (Å²) in [5.74, 6) is 0. The maximum Gasteiger partial charge on any atom is 0.0726 e. The maximum absolute atomic E-state index is 6.72. The summed E-state index contributed by atoms with van der Waals surface area (Å²) >= 11 is 6.72. The average Bonchev–Trinajstić information content (AvgIpc) is 3.58. The van der Waals surface area contributed by atoms with Crippen LogP contribution in [0.25, 0.3) is 49.7 Å². The average molecular weight is 516 g/mol. The van der Waals surface area contributed by atoms with Crippen LogP contribution in [0.5, 0.6) is 0 Å². The Kier molecular flexibility index (Phi) is 4.11. The molecule has 7 aromatic rings. The molecule has 9 rings (SSSR count). The third kappa shape index (κ3) is 2.56. The first-order valence-electron chi connectivity index (χ1n) is 13.4. The van der Waals surface area contributed by atoms with E-state index in [0.29, 0.717) is 0 Å². The van der Waals surface area contributed by atoms with E-state index >= 15 is 0 Å². The molecule has 0 fully saturated rings. The van der Waals surface area contributed by atoms with E-state index in [9.17, 15) is 0 Å². The molecule has 2 heteroatoms. The van der Waals surface area contributed by atoms with Gasteiger partial charge in [0.2, 0.25) is 0 Å². The monoisotopic (exact) mass is 515 g/mol. The summed E-state index contributed by atoms with van der Waals surface area (Å²) in [5, 5.41) is 3.32. The number of hydrogen-bond donors (Lipinski definition) is 0. The van der Waals surface area contributed by atoms with Gasteiger partial charge in [-0.3, -0.25) is 0 Å². The van der Waals surface area contributed by atoms with Gasteiger partial charge in [-0.1, -0.05) is 109 Å². The Labute approximate surface area is 231 Å². The zero-order valence-electron chi connectivity index (χ0n) is 21.0. The highest BCUT2D eigenvalue weighted by Gasteiger charge is 2.51. The van der Waals surface area contributed by atoms with Crippen LogP contribution in [0.2, 0.25) is 5.02 Å².